The maximum atomic E-state index is 10.2. The molecule has 96 valence electrons. The molecule has 0 aliphatic heterocycles. The van der Waals surface area contributed by atoms with Crippen molar-refractivity contribution in [3.8, 4) is 17.2 Å². The summed E-state index contributed by atoms with van der Waals surface area (Å²) in [5, 5.41) is 10.2. The quantitative estimate of drug-likeness (QED) is 0.670. The van der Waals surface area contributed by atoms with Crippen LogP contribution in [-0.4, -0.2) is 32.4 Å². The first kappa shape index (κ1) is 13.6. The van der Waals surface area contributed by atoms with Crippen molar-refractivity contribution in [3.05, 3.63) is 17.2 Å². The van der Waals surface area contributed by atoms with E-state index in [2.05, 4.69) is 0 Å². The van der Waals surface area contributed by atoms with Crippen LogP contribution in [-0.2, 0) is 12.8 Å². The van der Waals surface area contributed by atoms with Crippen molar-refractivity contribution in [2.24, 2.45) is 11.5 Å². The van der Waals surface area contributed by atoms with Gasteiger partial charge in [-0.25, -0.2) is 0 Å². The third-order valence-corrected chi connectivity index (χ3v) is 2.66. The van der Waals surface area contributed by atoms with Crippen molar-refractivity contribution >= 4 is 0 Å². The molecule has 0 saturated heterocycles. The fourth-order valence-electron chi connectivity index (χ4n) is 1.84. The molecule has 0 aliphatic carbocycles. The molecular weight excluding hydrogens is 220 g/mol. The summed E-state index contributed by atoms with van der Waals surface area (Å²) in [6.07, 6.45) is 1.10. The van der Waals surface area contributed by atoms with E-state index < -0.39 is 0 Å². The highest BCUT2D eigenvalue weighted by Crippen LogP contribution is 2.38. The smallest absolute Gasteiger partial charge is 0.129 e. The van der Waals surface area contributed by atoms with Crippen molar-refractivity contribution in [2.75, 3.05) is 27.3 Å². The zero-order chi connectivity index (χ0) is 12.8. The average molecular weight is 240 g/mol. The maximum absolute atomic E-state index is 10.2. The number of methoxy groups -OCH3 is 2. The minimum absolute atomic E-state index is 0.178. The summed E-state index contributed by atoms with van der Waals surface area (Å²) < 4.78 is 10.5. The molecule has 5 N–H and O–H groups in total. The Kier molecular flexibility index (Phi) is 5.06. The summed E-state index contributed by atoms with van der Waals surface area (Å²) >= 11 is 0. The van der Waals surface area contributed by atoms with Crippen LogP contribution in [0.15, 0.2) is 6.07 Å². The monoisotopic (exact) mass is 240 g/mol. The van der Waals surface area contributed by atoms with Gasteiger partial charge in [-0.15, -0.1) is 0 Å². The van der Waals surface area contributed by atoms with Gasteiger partial charge < -0.3 is 26.0 Å². The van der Waals surface area contributed by atoms with Crippen LogP contribution < -0.4 is 20.9 Å². The second kappa shape index (κ2) is 6.32. The zero-order valence-electron chi connectivity index (χ0n) is 10.3. The SMILES string of the molecule is COc1cc(OC)c(CCN)c(O)c1CCN. The van der Waals surface area contributed by atoms with Crippen LogP contribution in [0.25, 0.3) is 0 Å². The molecule has 0 atom stereocenters. The lowest BCUT2D eigenvalue weighted by Crippen LogP contribution is -2.09. The minimum Gasteiger partial charge on any atom is -0.507 e. The first-order valence-electron chi connectivity index (χ1n) is 5.55. The van der Waals surface area contributed by atoms with Gasteiger partial charge >= 0.3 is 0 Å². The highest BCUT2D eigenvalue weighted by Gasteiger charge is 2.17. The minimum atomic E-state index is 0.178. The van der Waals surface area contributed by atoms with Crippen LogP contribution >= 0.6 is 0 Å². The van der Waals surface area contributed by atoms with E-state index >= 15 is 0 Å². The average Bonchev–Trinajstić information content (AvgIpc) is 2.34. The fraction of sp³-hybridized carbons (Fsp3) is 0.500. The van der Waals surface area contributed by atoms with Crippen LogP contribution in [0.1, 0.15) is 11.1 Å². The number of ether oxygens (including phenoxy) is 2. The Hall–Kier alpha value is -1.46. The van der Waals surface area contributed by atoms with Gasteiger partial charge in [-0.1, -0.05) is 0 Å². The van der Waals surface area contributed by atoms with Crippen molar-refractivity contribution < 1.29 is 14.6 Å². The van der Waals surface area contributed by atoms with Crippen LogP contribution in [0, 0.1) is 0 Å². The summed E-state index contributed by atoms with van der Waals surface area (Å²) in [6.45, 7) is 0.886. The van der Waals surface area contributed by atoms with E-state index in [-0.39, 0.29) is 5.75 Å². The first-order chi connectivity index (χ1) is 8.19. The van der Waals surface area contributed by atoms with Gasteiger partial charge in [0.2, 0.25) is 0 Å². The van der Waals surface area contributed by atoms with E-state index in [1.54, 1.807) is 20.3 Å². The molecule has 1 rings (SSSR count). The Morgan fingerprint density at radius 1 is 1.00 bits per heavy atom. The third kappa shape index (κ3) is 2.81. The summed E-state index contributed by atoms with van der Waals surface area (Å²) in [6, 6.07) is 1.76. The molecular formula is C12H20N2O3. The summed E-state index contributed by atoms with van der Waals surface area (Å²) in [4.78, 5) is 0. The molecule has 5 heteroatoms. The molecule has 17 heavy (non-hydrogen) atoms. The largest absolute Gasteiger partial charge is 0.507 e. The Morgan fingerprint density at radius 3 is 1.71 bits per heavy atom. The van der Waals surface area contributed by atoms with Gasteiger partial charge in [0.15, 0.2) is 0 Å². The number of aromatic hydroxyl groups is 1. The highest BCUT2D eigenvalue weighted by atomic mass is 16.5. The lowest BCUT2D eigenvalue weighted by atomic mass is 10.0. The number of hydrogen-bond donors (Lipinski definition) is 3. The molecule has 1 aromatic rings. The second-order valence-electron chi connectivity index (χ2n) is 3.66. The number of benzene rings is 1. The molecule has 5 nitrogen and oxygen atoms in total. The van der Waals surface area contributed by atoms with Gasteiger partial charge in [0.25, 0.3) is 0 Å². The number of rotatable bonds is 6. The molecule has 0 amide bonds. The van der Waals surface area contributed by atoms with Gasteiger partial charge in [0.05, 0.1) is 14.2 Å². The molecule has 0 aliphatic rings. The molecule has 0 saturated carbocycles. The fourth-order valence-corrected chi connectivity index (χ4v) is 1.84. The van der Waals surface area contributed by atoms with Crippen LogP contribution in [0.4, 0.5) is 0 Å². The standard InChI is InChI=1S/C12H20N2O3/c1-16-10-7-11(17-2)9(4-6-14)12(15)8(10)3-5-13/h7,15H,3-6,13-14H2,1-2H3. The number of phenols is 1. The van der Waals surface area contributed by atoms with E-state index in [9.17, 15) is 5.11 Å². The lowest BCUT2D eigenvalue weighted by Gasteiger charge is -2.16. The molecule has 0 bridgehead atoms. The molecule has 0 aromatic heterocycles. The van der Waals surface area contributed by atoms with E-state index in [0.29, 0.717) is 48.6 Å². The van der Waals surface area contributed by atoms with E-state index in [0.717, 1.165) is 0 Å². The predicted octanol–water partition coefficient (Wildman–Crippen LogP) is 0.412. The Morgan fingerprint density at radius 2 is 1.41 bits per heavy atom. The van der Waals surface area contributed by atoms with E-state index in [1.165, 1.54) is 0 Å². The van der Waals surface area contributed by atoms with Gasteiger partial charge in [0, 0.05) is 17.2 Å². The summed E-state index contributed by atoms with van der Waals surface area (Å²) in [5.74, 6) is 1.35. The maximum Gasteiger partial charge on any atom is 0.129 e. The Balaban J connectivity index is 3.33. The molecule has 0 unspecified atom stereocenters. The van der Waals surface area contributed by atoms with Crippen molar-refractivity contribution in [1.82, 2.24) is 0 Å². The van der Waals surface area contributed by atoms with Crippen LogP contribution in [0.2, 0.25) is 0 Å². The van der Waals surface area contributed by atoms with Crippen molar-refractivity contribution in [2.45, 2.75) is 12.8 Å². The molecule has 0 fully saturated rings. The lowest BCUT2D eigenvalue weighted by molar-refractivity contribution is 0.374. The first-order valence-corrected chi connectivity index (χ1v) is 5.55. The highest BCUT2D eigenvalue weighted by molar-refractivity contribution is 5.56. The van der Waals surface area contributed by atoms with Gasteiger partial charge in [-0.2, -0.15) is 0 Å². The number of hydrogen-bond acceptors (Lipinski definition) is 5. The third-order valence-electron chi connectivity index (χ3n) is 2.66. The Bertz CT molecular complexity index is 348. The second-order valence-corrected chi connectivity index (χ2v) is 3.66. The van der Waals surface area contributed by atoms with Gasteiger partial charge in [-0.3, -0.25) is 0 Å². The van der Waals surface area contributed by atoms with Crippen molar-refractivity contribution in [1.29, 1.82) is 0 Å². The summed E-state index contributed by atoms with van der Waals surface area (Å²) in [5.41, 5.74) is 12.5. The molecule has 0 radical (unpaired) electrons. The summed E-state index contributed by atoms with van der Waals surface area (Å²) in [7, 11) is 3.10. The van der Waals surface area contributed by atoms with Gasteiger partial charge in [0.1, 0.15) is 17.2 Å². The van der Waals surface area contributed by atoms with E-state index in [1.807, 2.05) is 0 Å². The van der Waals surface area contributed by atoms with Crippen molar-refractivity contribution in [3.63, 3.8) is 0 Å². The van der Waals surface area contributed by atoms with Gasteiger partial charge in [-0.05, 0) is 25.9 Å². The number of phenolic OH excluding ortho intramolecular Hbond substituents is 1. The topological polar surface area (TPSA) is 90.7 Å². The number of nitrogens with two attached hydrogens (primary N) is 2. The van der Waals surface area contributed by atoms with E-state index in [4.69, 9.17) is 20.9 Å². The van der Waals surface area contributed by atoms with Crippen LogP contribution in [0.3, 0.4) is 0 Å². The molecule has 0 spiro atoms. The molecule has 1 aromatic carbocycles. The Labute approximate surface area is 101 Å². The van der Waals surface area contributed by atoms with Crippen LogP contribution in [0.5, 0.6) is 17.2 Å². The zero-order valence-corrected chi connectivity index (χ0v) is 10.3. The predicted molar refractivity (Wildman–Crippen MR) is 66.7 cm³/mol. The normalized spacial score (nSPS) is 10.4. The molecule has 0 heterocycles.